The number of hydrogen-bond donors (Lipinski definition) is 1. The molecule has 0 saturated carbocycles. The molecule has 0 aromatic heterocycles. The maximum atomic E-state index is 12.1. The number of hydrogen-bond acceptors (Lipinski definition) is 3. The normalized spacial score (nSPS) is 19.9. The van der Waals surface area contributed by atoms with Crippen LogP contribution in [0.15, 0.2) is 0 Å². The van der Waals surface area contributed by atoms with E-state index >= 15 is 0 Å². The van der Waals surface area contributed by atoms with Gasteiger partial charge in [-0.3, -0.25) is 14.5 Å². The molecule has 0 aromatic rings. The summed E-state index contributed by atoms with van der Waals surface area (Å²) in [4.78, 5) is 24.3. The Morgan fingerprint density at radius 2 is 2.00 bits per heavy atom. The largest absolute Gasteiger partial charge is 0.480 e. The zero-order valence-electron chi connectivity index (χ0n) is 10.3. The molecule has 1 rings (SSSR count). The number of alkyl halides is 3. The molecule has 1 fully saturated rings. The van der Waals surface area contributed by atoms with Crippen LogP contribution in [-0.4, -0.2) is 65.7 Å². The Labute approximate surface area is 114 Å². The Morgan fingerprint density at radius 1 is 1.42 bits per heavy atom. The van der Waals surface area contributed by atoms with Crippen LogP contribution in [-0.2, 0) is 9.59 Å². The second-order valence-corrected chi connectivity index (χ2v) is 4.33. The van der Waals surface area contributed by atoms with Crippen LogP contribution in [0.3, 0.4) is 0 Å². The minimum Gasteiger partial charge on any atom is -0.480 e. The highest BCUT2D eigenvalue weighted by atomic mass is 35.5. The summed E-state index contributed by atoms with van der Waals surface area (Å²) in [7, 11) is 1.06. The predicted octanol–water partition coefficient (Wildman–Crippen LogP) is 0.978. The quantitative estimate of drug-likeness (QED) is 0.841. The molecule has 1 atom stereocenters. The Kier molecular flexibility index (Phi) is 6.58. The molecule has 1 aliphatic heterocycles. The highest BCUT2D eigenvalue weighted by Gasteiger charge is 2.35. The van der Waals surface area contributed by atoms with Crippen molar-refractivity contribution in [2.45, 2.75) is 25.1 Å². The van der Waals surface area contributed by atoms with Crippen LogP contribution in [0.1, 0.15) is 12.8 Å². The van der Waals surface area contributed by atoms with E-state index in [0.29, 0.717) is 24.3 Å². The standard InChI is InChI=1S/C10H15F3N2O3.ClH/c1-14(6-10(11,12)13)8(16)5-15-4-2-3-7(15)9(17)18;/h7H,2-6H2,1H3,(H,17,18);1H. The molecule has 19 heavy (non-hydrogen) atoms. The van der Waals surface area contributed by atoms with Crippen LogP contribution >= 0.6 is 12.4 Å². The first-order valence-corrected chi connectivity index (χ1v) is 5.48. The first kappa shape index (κ1) is 18.0. The van der Waals surface area contributed by atoms with Crippen molar-refractivity contribution in [3.05, 3.63) is 0 Å². The van der Waals surface area contributed by atoms with Gasteiger partial charge >= 0.3 is 12.1 Å². The summed E-state index contributed by atoms with van der Waals surface area (Å²) in [6.45, 7) is -1.19. The molecule has 1 saturated heterocycles. The Balaban J connectivity index is 0.00000324. The lowest BCUT2D eigenvalue weighted by Gasteiger charge is -2.24. The van der Waals surface area contributed by atoms with Crippen molar-refractivity contribution in [2.24, 2.45) is 0 Å². The Hall–Kier alpha value is -1.02. The van der Waals surface area contributed by atoms with Crippen LogP contribution in [0.5, 0.6) is 0 Å². The molecule has 0 aliphatic carbocycles. The predicted molar refractivity (Wildman–Crippen MR) is 63.2 cm³/mol. The molecule has 0 spiro atoms. The highest BCUT2D eigenvalue weighted by Crippen LogP contribution is 2.19. The number of carbonyl (C=O) groups excluding carboxylic acids is 1. The van der Waals surface area contributed by atoms with Gasteiger partial charge in [-0.1, -0.05) is 0 Å². The van der Waals surface area contributed by atoms with Crippen LogP contribution in [0.2, 0.25) is 0 Å². The van der Waals surface area contributed by atoms with Gasteiger partial charge in [0.1, 0.15) is 12.6 Å². The third kappa shape index (κ3) is 5.65. The Bertz CT molecular complexity index is 338. The molecule has 1 N–H and O–H groups in total. The summed E-state index contributed by atoms with van der Waals surface area (Å²) >= 11 is 0. The van der Waals surface area contributed by atoms with Crippen molar-refractivity contribution in [2.75, 3.05) is 26.7 Å². The Morgan fingerprint density at radius 3 is 2.47 bits per heavy atom. The molecule has 9 heteroatoms. The summed E-state index contributed by atoms with van der Waals surface area (Å²) < 4.78 is 36.2. The topological polar surface area (TPSA) is 60.9 Å². The SMILES string of the molecule is CN(CC(F)(F)F)C(=O)CN1CCCC1C(=O)O.Cl. The molecule has 0 bridgehead atoms. The van der Waals surface area contributed by atoms with E-state index in [1.54, 1.807) is 0 Å². The van der Waals surface area contributed by atoms with E-state index < -0.39 is 30.6 Å². The van der Waals surface area contributed by atoms with Crippen molar-refractivity contribution in [1.82, 2.24) is 9.80 Å². The number of likely N-dealkylation sites (N-methyl/N-ethyl adjacent to an activating group) is 1. The summed E-state index contributed by atoms with van der Waals surface area (Å²) in [5.74, 6) is -1.76. The van der Waals surface area contributed by atoms with Crippen LogP contribution < -0.4 is 0 Å². The van der Waals surface area contributed by atoms with Crippen molar-refractivity contribution >= 4 is 24.3 Å². The fraction of sp³-hybridized carbons (Fsp3) is 0.800. The van der Waals surface area contributed by atoms with Gasteiger partial charge in [-0.2, -0.15) is 13.2 Å². The average Bonchev–Trinajstić information content (AvgIpc) is 2.62. The van der Waals surface area contributed by atoms with E-state index in [0.717, 1.165) is 7.05 Å². The average molecular weight is 305 g/mol. The molecular weight excluding hydrogens is 289 g/mol. The zero-order valence-corrected chi connectivity index (χ0v) is 11.1. The van der Waals surface area contributed by atoms with Crippen molar-refractivity contribution in [3.8, 4) is 0 Å². The second-order valence-electron chi connectivity index (χ2n) is 4.33. The lowest BCUT2D eigenvalue weighted by Crippen LogP contribution is -2.45. The smallest absolute Gasteiger partial charge is 0.406 e. The molecule has 0 aromatic carbocycles. The molecule has 5 nitrogen and oxygen atoms in total. The van der Waals surface area contributed by atoms with Gasteiger partial charge in [0.2, 0.25) is 5.91 Å². The lowest BCUT2D eigenvalue weighted by molar-refractivity contribution is -0.159. The number of halogens is 4. The monoisotopic (exact) mass is 304 g/mol. The van der Waals surface area contributed by atoms with E-state index in [1.807, 2.05) is 0 Å². The van der Waals surface area contributed by atoms with Gasteiger partial charge in [-0.05, 0) is 19.4 Å². The summed E-state index contributed by atoms with van der Waals surface area (Å²) in [6.07, 6.45) is -3.39. The van der Waals surface area contributed by atoms with E-state index in [4.69, 9.17) is 5.11 Å². The molecule has 1 unspecified atom stereocenters. The van der Waals surface area contributed by atoms with Gasteiger partial charge in [0.15, 0.2) is 0 Å². The van der Waals surface area contributed by atoms with Crippen molar-refractivity contribution in [1.29, 1.82) is 0 Å². The molecule has 112 valence electrons. The highest BCUT2D eigenvalue weighted by molar-refractivity contribution is 5.85. The fourth-order valence-electron chi connectivity index (χ4n) is 1.95. The molecule has 1 heterocycles. The van der Waals surface area contributed by atoms with Crippen LogP contribution in [0.4, 0.5) is 13.2 Å². The van der Waals surface area contributed by atoms with E-state index in [2.05, 4.69) is 0 Å². The number of likely N-dealkylation sites (tertiary alicyclic amines) is 1. The number of amides is 1. The second kappa shape index (κ2) is 6.95. The first-order valence-electron chi connectivity index (χ1n) is 5.48. The maximum absolute atomic E-state index is 12.1. The van der Waals surface area contributed by atoms with E-state index in [9.17, 15) is 22.8 Å². The number of rotatable bonds is 4. The molecule has 1 amide bonds. The van der Waals surface area contributed by atoms with E-state index in [-0.39, 0.29) is 19.0 Å². The van der Waals surface area contributed by atoms with Gasteiger partial charge in [-0.25, -0.2) is 0 Å². The van der Waals surface area contributed by atoms with E-state index in [1.165, 1.54) is 4.90 Å². The van der Waals surface area contributed by atoms with Gasteiger partial charge in [0, 0.05) is 7.05 Å². The third-order valence-corrected chi connectivity index (χ3v) is 2.83. The number of carboxylic acids is 1. The maximum Gasteiger partial charge on any atom is 0.406 e. The summed E-state index contributed by atoms with van der Waals surface area (Å²) in [5, 5.41) is 8.88. The van der Waals surface area contributed by atoms with Gasteiger partial charge in [0.05, 0.1) is 6.54 Å². The zero-order chi connectivity index (χ0) is 13.9. The summed E-state index contributed by atoms with van der Waals surface area (Å²) in [5.41, 5.74) is 0. The fourth-order valence-corrected chi connectivity index (χ4v) is 1.95. The van der Waals surface area contributed by atoms with Crippen molar-refractivity contribution < 1.29 is 27.9 Å². The molecule has 1 aliphatic rings. The van der Waals surface area contributed by atoms with Gasteiger partial charge in [0.25, 0.3) is 0 Å². The van der Waals surface area contributed by atoms with Crippen LogP contribution in [0.25, 0.3) is 0 Å². The van der Waals surface area contributed by atoms with Gasteiger partial charge in [-0.15, -0.1) is 12.4 Å². The number of carbonyl (C=O) groups is 2. The van der Waals surface area contributed by atoms with Crippen molar-refractivity contribution in [3.63, 3.8) is 0 Å². The van der Waals surface area contributed by atoms with Crippen LogP contribution in [0, 0.1) is 0 Å². The molecule has 0 radical (unpaired) electrons. The number of nitrogens with zero attached hydrogens (tertiary/aromatic N) is 2. The van der Waals surface area contributed by atoms with Gasteiger partial charge < -0.3 is 10.0 Å². The minimum absolute atomic E-state index is 0. The first-order chi connectivity index (χ1) is 8.20. The third-order valence-electron chi connectivity index (χ3n) is 2.83. The lowest BCUT2D eigenvalue weighted by atomic mass is 10.2. The molecular formula is C10H16ClF3N2O3. The number of carboxylic acid groups (broad SMARTS) is 1. The summed E-state index contributed by atoms with van der Waals surface area (Å²) in [6, 6.07) is -0.770. The number of aliphatic carboxylic acids is 1. The minimum atomic E-state index is -4.44.